The first kappa shape index (κ1) is 28.3. The Labute approximate surface area is 242 Å². The molecule has 1 saturated heterocycles. The van der Waals surface area contributed by atoms with E-state index < -0.39 is 29.3 Å². The van der Waals surface area contributed by atoms with Crippen LogP contribution in [0, 0.1) is 23.1 Å². The standard InChI is InChI=1S/C31H29ClFN5O3/c32-23-7-9-24(10-8-23)36-30(41)38-18-25(39)16-28(38)29(40)37-27-15-22(6-11-26(27)33)31(35,13-12-19-4-5-19)21-3-1-2-20(14-21)17-34/h1-3,6-11,14-15,19,28H,4-5,12-13,16,18,35H2,(H,36,41)(H,37,40)/t28-,31?/m1/s1. The van der Waals surface area contributed by atoms with E-state index in [-0.39, 0.29) is 24.4 Å². The first-order chi connectivity index (χ1) is 19.7. The fourth-order valence-corrected chi connectivity index (χ4v) is 5.27. The van der Waals surface area contributed by atoms with E-state index in [0.29, 0.717) is 39.7 Å². The monoisotopic (exact) mass is 573 g/mol. The number of carbonyl (C=O) groups excluding carboxylic acids is 3. The van der Waals surface area contributed by atoms with E-state index in [4.69, 9.17) is 17.3 Å². The van der Waals surface area contributed by atoms with Gasteiger partial charge in [-0.2, -0.15) is 5.26 Å². The molecule has 210 valence electrons. The molecule has 0 aromatic heterocycles. The van der Waals surface area contributed by atoms with Gasteiger partial charge in [0.1, 0.15) is 11.9 Å². The van der Waals surface area contributed by atoms with Crippen LogP contribution in [0.1, 0.15) is 48.8 Å². The topological polar surface area (TPSA) is 128 Å². The summed E-state index contributed by atoms with van der Waals surface area (Å²) in [4.78, 5) is 39.7. The van der Waals surface area contributed by atoms with Crippen molar-refractivity contribution in [2.24, 2.45) is 11.7 Å². The molecule has 8 nitrogen and oxygen atoms in total. The molecule has 3 amide bonds. The molecule has 1 unspecified atom stereocenters. The maximum Gasteiger partial charge on any atom is 0.322 e. The van der Waals surface area contributed by atoms with E-state index in [1.54, 1.807) is 48.5 Å². The van der Waals surface area contributed by atoms with Crippen molar-refractivity contribution >= 4 is 40.7 Å². The highest BCUT2D eigenvalue weighted by molar-refractivity contribution is 6.30. The summed E-state index contributed by atoms with van der Waals surface area (Å²) in [5.41, 5.74) is 8.07. The number of hydrogen-bond acceptors (Lipinski definition) is 5. The van der Waals surface area contributed by atoms with Crippen LogP contribution in [0.4, 0.5) is 20.6 Å². The number of halogens is 2. The maximum absolute atomic E-state index is 15.0. The van der Waals surface area contributed by atoms with E-state index in [1.165, 1.54) is 12.1 Å². The Morgan fingerprint density at radius 2 is 1.80 bits per heavy atom. The highest BCUT2D eigenvalue weighted by Crippen LogP contribution is 2.40. The quantitative estimate of drug-likeness (QED) is 0.325. The van der Waals surface area contributed by atoms with Gasteiger partial charge in [-0.25, -0.2) is 9.18 Å². The van der Waals surface area contributed by atoms with Gasteiger partial charge < -0.3 is 21.3 Å². The first-order valence-corrected chi connectivity index (χ1v) is 13.8. The number of nitrogens with two attached hydrogens (primary N) is 1. The highest BCUT2D eigenvalue weighted by Gasteiger charge is 2.39. The van der Waals surface area contributed by atoms with E-state index >= 15 is 4.39 Å². The number of nitrogens with zero attached hydrogens (tertiary/aromatic N) is 2. The zero-order valence-electron chi connectivity index (χ0n) is 22.2. The molecule has 1 heterocycles. The summed E-state index contributed by atoms with van der Waals surface area (Å²) < 4.78 is 15.0. The van der Waals surface area contributed by atoms with Crippen LogP contribution in [0.15, 0.2) is 66.7 Å². The van der Waals surface area contributed by atoms with E-state index in [9.17, 15) is 19.6 Å². The van der Waals surface area contributed by atoms with Gasteiger partial charge in [-0.3, -0.25) is 9.59 Å². The number of ketones is 1. The second-order valence-corrected chi connectivity index (χ2v) is 11.1. The third-order valence-electron chi connectivity index (χ3n) is 7.69. The predicted molar refractivity (Wildman–Crippen MR) is 154 cm³/mol. The van der Waals surface area contributed by atoms with Gasteiger partial charge in [0.05, 0.1) is 29.4 Å². The molecule has 1 aliphatic heterocycles. The first-order valence-electron chi connectivity index (χ1n) is 13.4. The number of rotatable bonds is 8. The number of anilines is 2. The van der Waals surface area contributed by atoms with Gasteiger partial charge in [-0.1, -0.05) is 42.6 Å². The number of urea groups is 1. The zero-order chi connectivity index (χ0) is 29.1. The van der Waals surface area contributed by atoms with Crippen molar-refractivity contribution < 1.29 is 18.8 Å². The van der Waals surface area contributed by atoms with E-state index in [1.807, 2.05) is 6.07 Å². The second kappa shape index (κ2) is 11.7. The molecule has 5 rings (SSSR count). The summed E-state index contributed by atoms with van der Waals surface area (Å²) in [6.45, 7) is -0.248. The summed E-state index contributed by atoms with van der Waals surface area (Å²) in [6.07, 6.45) is 3.53. The zero-order valence-corrected chi connectivity index (χ0v) is 23.0. The largest absolute Gasteiger partial charge is 0.322 e. The number of amides is 3. The molecule has 0 bridgehead atoms. The number of benzene rings is 3. The molecule has 2 atom stereocenters. The van der Waals surface area contributed by atoms with Crippen LogP contribution in [0.25, 0.3) is 0 Å². The average Bonchev–Trinajstić information content (AvgIpc) is 3.72. The van der Waals surface area contributed by atoms with Crippen LogP contribution in [-0.2, 0) is 15.1 Å². The minimum absolute atomic E-state index is 0.109. The Balaban J connectivity index is 1.39. The lowest BCUT2D eigenvalue weighted by atomic mass is 9.79. The molecular formula is C31H29ClFN5O3. The van der Waals surface area contributed by atoms with Crippen LogP contribution in [0.3, 0.4) is 0 Å². The van der Waals surface area contributed by atoms with Crippen molar-refractivity contribution in [3.63, 3.8) is 0 Å². The number of nitriles is 1. The van der Waals surface area contributed by atoms with Crippen molar-refractivity contribution in [1.82, 2.24) is 4.90 Å². The molecule has 3 aromatic carbocycles. The smallest absolute Gasteiger partial charge is 0.322 e. The van der Waals surface area contributed by atoms with Crippen molar-refractivity contribution in [2.75, 3.05) is 17.2 Å². The lowest BCUT2D eigenvalue weighted by Gasteiger charge is -2.32. The minimum atomic E-state index is -1.12. The van der Waals surface area contributed by atoms with Gasteiger partial charge in [0.2, 0.25) is 5.91 Å². The molecule has 10 heteroatoms. The fraction of sp³-hybridized carbons (Fsp3) is 0.290. The number of carbonyl (C=O) groups is 3. The molecule has 2 aliphatic rings. The molecule has 1 saturated carbocycles. The number of hydrogen-bond donors (Lipinski definition) is 3. The second-order valence-electron chi connectivity index (χ2n) is 10.7. The lowest BCUT2D eigenvalue weighted by molar-refractivity contribution is -0.121. The van der Waals surface area contributed by atoms with Gasteiger partial charge >= 0.3 is 6.03 Å². The Hall–Kier alpha value is -4.26. The van der Waals surface area contributed by atoms with Gasteiger partial charge in [0.25, 0.3) is 0 Å². The predicted octanol–water partition coefficient (Wildman–Crippen LogP) is 5.56. The fourth-order valence-electron chi connectivity index (χ4n) is 5.14. The van der Waals surface area contributed by atoms with Crippen molar-refractivity contribution in [3.05, 3.63) is 94.3 Å². The van der Waals surface area contributed by atoms with Crippen molar-refractivity contribution in [2.45, 2.75) is 43.7 Å². The molecule has 2 fully saturated rings. The lowest BCUT2D eigenvalue weighted by Crippen LogP contribution is -2.45. The van der Waals surface area contributed by atoms with E-state index in [0.717, 1.165) is 24.2 Å². The summed E-state index contributed by atoms with van der Waals surface area (Å²) in [5, 5.41) is 15.2. The van der Waals surface area contributed by atoms with Crippen LogP contribution in [0.5, 0.6) is 0 Å². The third-order valence-corrected chi connectivity index (χ3v) is 7.94. The van der Waals surface area contributed by atoms with Crippen molar-refractivity contribution in [3.8, 4) is 6.07 Å². The summed E-state index contributed by atoms with van der Waals surface area (Å²) in [6, 6.07) is 18.1. The normalized spacial score (nSPS) is 18.0. The average molecular weight is 574 g/mol. The van der Waals surface area contributed by atoms with E-state index in [2.05, 4.69) is 16.7 Å². The number of nitrogens with one attached hydrogen (secondary N) is 2. The van der Waals surface area contributed by atoms with Crippen molar-refractivity contribution in [1.29, 1.82) is 5.26 Å². The molecular weight excluding hydrogens is 545 g/mol. The maximum atomic E-state index is 15.0. The number of Topliss-reactive ketones (excluding diaryl/α,β-unsaturated/α-hetero) is 1. The Morgan fingerprint density at radius 1 is 1.07 bits per heavy atom. The van der Waals surface area contributed by atoms with Gasteiger partial charge in [0.15, 0.2) is 5.78 Å². The summed E-state index contributed by atoms with van der Waals surface area (Å²) in [7, 11) is 0. The summed E-state index contributed by atoms with van der Waals surface area (Å²) in [5.74, 6) is -1.07. The Bertz CT molecular complexity index is 1540. The third kappa shape index (κ3) is 6.40. The molecule has 4 N–H and O–H groups in total. The molecule has 41 heavy (non-hydrogen) atoms. The van der Waals surface area contributed by atoms with Gasteiger partial charge in [0, 0.05) is 17.1 Å². The summed E-state index contributed by atoms with van der Waals surface area (Å²) >= 11 is 5.90. The molecule has 1 aliphatic carbocycles. The Morgan fingerprint density at radius 3 is 2.51 bits per heavy atom. The minimum Gasteiger partial charge on any atom is -0.322 e. The van der Waals surface area contributed by atoms with Crippen LogP contribution >= 0.6 is 11.6 Å². The van der Waals surface area contributed by atoms with Crippen LogP contribution in [-0.4, -0.2) is 35.2 Å². The molecule has 3 aromatic rings. The van der Waals surface area contributed by atoms with Crippen LogP contribution < -0.4 is 16.4 Å². The molecule has 0 spiro atoms. The number of likely N-dealkylation sites (tertiary alicyclic amines) is 1. The Kier molecular flexibility index (Phi) is 8.06. The SMILES string of the molecule is N#Cc1cccc(C(N)(CCC2CC2)c2ccc(F)c(NC(=O)[C@H]3CC(=O)CN3C(=O)Nc3ccc(Cl)cc3)c2)c1. The van der Waals surface area contributed by atoms with Gasteiger partial charge in [-0.15, -0.1) is 0 Å². The van der Waals surface area contributed by atoms with Gasteiger partial charge in [-0.05, 0) is 78.4 Å². The van der Waals surface area contributed by atoms with Crippen LogP contribution in [0.2, 0.25) is 5.02 Å². The molecule has 0 radical (unpaired) electrons. The highest BCUT2D eigenvalue weighted by atomic mass is 35.5.